The van der Waals surface area contributed by atoms with Crippen molar-refractivity contribution in [3.63, 3.8) is 0 Å². The van der Waals surface area contributed by atoms with Gasteiger partial charge in [0.15, 0.2) is 5.96 Å². The molecular weight excluding hydrogens is 382 g/mol. The highest BCUT2D eigenvalue weighted by Crippen LogP contribution is 2.48. The molecule has 1 aliphatic rings. The summed E-state index contributed by atoms with van der Waals surface area (Å²) in [5, 5.41) is 3.11. The van der Waals surface area contributed by atoms with Crippen LogP contribution in [0.4, 0.5) is 5.69 Å². The van der Waals surface area contributed by atoms with E-state index >= 15 is 0 Å². The minimum atomic E-state index is 0.106. The van der Waals surface area contributed by atoms with E-state index in [1.807, 2.05) is 24.3 Å². The molecule has 2 aromatic rings. The molecule has 3 rings (SSSR count). The van der Waals surface area contributed by atoms with Crippen molar-refractivity contribution in [2.75, 3.05) is 26.1 Å². The average Bonchev–Trinajstić information content (AvgIpc) is 3.41. The molecule has 0 spiro atoms. The van der Waals surface area contributed by atoms with Crippen LogP contribution >= 0.6 is 15.9 Å². The molecule has 3 N–H and O–H groups in total. The summed E-state index contributed by atoms with van der Waals surface area (Å²) in [5.74, 6) is 1.78. The molecule has 0 unspecified atom stereocenters. The first kappa shape index (κ1) is 17.6. The Kier molecular flexibility index (Phi) is 5.18. The van der Waals surface area contributed by atoms with Gasteiger partial charge in [0.25, 0.3) is 0 Å². The molecule has 0 aromatic heterocycles. The van der Waals surface area contributed by atoms with E-state index in [-0.39, 0.29) is 5.41 Å². The Bertz CT molecular complexity index is 788. The van der Waals surface area contributed by atoms with Gasteiger partial charge in [-0.05, 0) is 42.7 Å². The Balaban J connectivity index is 1.73. The highest BCUT2D eigenvalue weighted by atomic mass is 79.9. The van der Waals surface area contributed by atoms with Gasteiger partial charge in [0.2, 0.25) is 0 Å². The van der Waals surface area contributed by atoms with E-state index in [1.165, 1.54) is 5.56 Å². The van der Waals surface area contributed by atoms with Gasteiger partial charge >= 0.3 is 0 Å². The fourth-order valence-corrected chi connectivity index (χ4v) is 3.23. The van der Waals surface area contributed by atoms with E-state index in [0.29, 0.717) is 18.3 Å². The lowest BCUT2D eigenvalue weighted by molar-refractivity contribution is 0.405. The normalized spacial score (nSPS) is 15.6. The number of aliphatic imine (C=N–C) groups is 1. The van der Waals surface area contributed by atoms with Crippen LogP contribution in [0, 0.1) is 0 Å². The number of benzene rings is 2. The molecule has 0 amide bonds. The molecule has 132 valence electrons. The maximum absolute atomic E-state index is 6.10. The van der Waals surface area contributed by atoms with Crippen molar-refractivity contribution >= 4 is 27.6 Å². The maximum atomic E-state index is 6.10. The Morgan fingerprint density at radius 1 is 1.20 bits per heavy atom. The zero-order valence-corrected chi connectivity index (χ0v) is 16.0. The molecule has 0 atom stereocenters. The van der Waals surface area contributed by atoms with Gasteiger partial charge < -0.3 is 20.5 Å². The van der Waals surface area contributed by atoms with Crippen LogP contribution in [-0.2, 0) is 5.41 Å². The minimum Gasteiger partial charge on any atom is -0.497 e. The van der Waals surface area contributed by atoms with Gasteiger partial charge in [-0.3, -0.25) is 4.99 Å². The molecule has 6 heteroatoms. The first-order chi connectivity index (χ1) is 12.1. The third kappa shape index (κ3) is 4.07. The predicted octanol–water partition coefficient (Wildman–Crippen LogP) is 3.92. The fraction of sp³-hybridized carbons (Fsp3) is 0.316. The number of ether oxygens (including phenoxy) is 2. The first-order valence-corrected chi connectivity index (χ1v) is 8.91. The Morgan fingerprint density at radius 2 is 2.00 bits per heavy atom. The van der Waals surface area contributed by atoms with E-state index in [9.17, 15) is 0 Å². The number of methoxy groups -OCH3 is 2. The van der Waals surface area contributed by atoms with Crippen LogP contribution in [0.1, 0.15) is 18.4 Å². The second kappa shape index (κ2) is 7.35. The molecular formula is C19H22BrN3O2. The minimum absolute atomic E-state index is 0.106. The third-order valence-corrected chi connectivity index (χ3v) is 5.01. The largest absolute Gasteiger partial charge is 0.497 e. The first-order valence-electron chi connectivity index (χ1n) is 8.11. The van der Waals surface area contributed by atoms with E-state index in [1.54, 1.807) is 14.2 Å². The van der Waals surface area contributed by atoms with Crippen LogP contribution in [0.15, 0.2) is 51.9 Å². The smallest absolute Gasteiger partial charge is 0.193 e. The van der Waals surface area contributed by atoms with Gasteiger partial charge in [0, 0.05) is 16.0 Å². The molecule has 0 saturated heterocycles. The molecule has 2 aromatic carbocycles. The third-order valence-electron chi connectivity index (χ3n) is 4.51. The van der Waals surface area contributed by atoms with E-state index in [4.69, 9.17) is 15.2 Å². The van der Waals surface area contributed by atoms with Crippen molar-refractivity contribution in [2.45, 2.75) is 18.3 Å². The lowest BCUT2D eigenvalue weighted by Crippen LogP contribution is -2.25. The number of nitrogens with two attached hydrogens (primary N) is 1. The predicted molar refractivity (Wildman–Crippen MR) is 105 cm³/mol. The molecule has 0 heterocycles. The van der Waals surface area contributed by atoms with Crippen LogP contribution < -0.4 is 20.5 Å². The van der Waals surface area contributed by atoms with Crippen LogP contribution in [-0.4, -0.2) is 26.7 Å². The standard InChI is InChI=1S/C19H22BrN3O2/c1-24-15-6-7-17(25-2)16(11-15)23-18(21)22-12-19(8-9-19)13-4-3-5-14(20)10-13/h3-7,10-11H,8-9,12H2,1-2H3,(H3,21,22,23). The van der Waals surface area contributed by atoms with E-state index < -0.39 is 0 Å². The fourth-order valence-electron chi connectivity index (χ4n) is 2.83. The highest BCUT2D eigenvalue weighted by molar-refractivity contribution is 9.10. The summed E-state index contributed by atoms with van der Waals surface area (Å²) in [6, 6.07) is 13.9. The Labute approximate surface area is 156 Å². The van der Waals surface area contributed by atoms with Gasteiger partial charge in [-0.1, -0.05) is 28.1 Å². The Morgan fingerprint density at radius 3 is 2.64 bits per heavy atom. The number of guanidine groups is 1. The van der Waals surface area contributed by atoms with E-state index in [0.717, 1.165) is 28.8 Å². The summed E-state index contributed by atoms with van der Waals surface area (Å²) >= 11 is 3.54. The maximum Gasteiger partial charge on any atom is 0.193 e. The lowest BCUT2D eigenvalue weighted by Gasteiger charge is -2.15. The van der Waals surface area contributed by atoms with Gasteiger partial charge in [0.1, 0.15) is 11.5 Å². The summed E-state index contributed by atoms with van der Waals surface area (Å²) in [4.78, 5) is 4.56. The van der Waals surface area contributed by atoms with Gasteiger partial charge in [0.05, 0.1) is 26.5 Å². The van der Waals surface area contributed by atoms with Crippen molar-refractivity contribution in [2.24, 2.45) is 10.7 Å². The SMILES string of the molecule is COc1ccc(OC)c(NC(N)=NCC2(c3cccc(Br)c3)CC2)c1. The number of rotatable bonds is 6. The Hall–Kier alpha value is -2.21. The van der Waals surface area contributed by atoms with Crippen LogP contribution in [0.25, 0.3) is 0 Å². The molecule has 0 bridgehead atoms. The van der Waals surface area contributed by atoms with Crippen molar-refractivity contribution in [3.8, 4) is 11.5 Å². The van der Waals surface area contributed by atoms with Crippen molar-refractivity contribution in [1.82, 2.24) is 0 Å². The summed E-state index contributed by atoms with van der Waals surface area (Å²) < 4.78 is 11.7. The number of hydrogen-bond donors (Lipinski definition) is 2. The number of nitrogens with zero attached hydrogens (tertiary/aromatic N) is 1. The van der Waals surface area contributed by atoms with Gasteiger partial charge in [-0.2, -0.15) is 0 Å². The molecule has 1 fully saturated rings. The molecule has 5 nitrogen and oxygen atoms in total. The number of nitrogens with one attached hydrogen (secondary N) is 1. The average molecular weight is 404 g/mol. The second-order valence-electron chi connectivity index (χ2n) is 6.18. The van der Waals surface area contributed by atoms with Gasteiger partial charge in [-0.15, -0.1) is 0 Å². The van der Waals surface area contributed by atoms with Crippen LogP contribution in [0.2, 0.25) is 0 Å². The van der Waals surface area contributed by atoms with Gasteiger partial charge in [-0.25, -0.2) is 0 Å². The lowest BCUT2D eigenvalue weighted by atomic mass is 9.96. The monoisotopic (exact) mass is 403 g/mol. The molecule has 1 aliphatic carbocycles. The summed E-state index contributed by atoms with van der Waals surface area (Å²) in [6.45, 7) is 0.661. The van der Waals surface area contributed by atoms with Crippen molar-refractivity contribution in [3.05, 3.63) is 52.5 Å². The number of halogens is 1. The highest BCUT2D eigenvalue weighted by Gasteiger charge is 2.44. The number of anilines is 1. The molecule has 1 saturated carbocycles. The van der Waals surface area contributed by atoms with Crippen molar-refractivity contribution < 1.29 is 9.47 Å². The zero-order valence-electron chi connectivity index (χ0n) is 14.4. The molecule has 0 radical (unpaired) electrons. The van der Waals surface area contributed by atoms with Crippen LogP contribution in [0.3, 0.4) is 0 Å². The topological polar surface area (TPSA) is 68.9 Å². The van der Waals surface area contributed by atoms with Crippen LogP contribution in [0.5, 0.6) is 11.5 Å². The quantitative estimate of drug-likeness (QED) is 0.566. The van der Waals surface area contributed by atoms with E-state index in [2.05, 4.69) is 44.4 Å². The summed E-state index contributed by atoms with van der Waals surface area (Å²) in [5.41, 5.74) is 8.24. The summed E-state index contributed by atoms with van der Waals surface area (Å²) in [6.07, 6.45) is 2.26. The molecule has 25 heavy (non-hydrogen) atoms. The second-order valence-corrected chi connectivity index (χ2v) is 7.10. The number of hydrogen-bond acceptors (Lipinski definition) is 3. The summed E-state index contributed by atoms with van der Waals surface area (Å²) in [7, 11) is 3.24. The molecule has 0 aliphatic heterocycles. The zero-order chi connectivity index (χ0) is 17.9. The van der Waals surface area contributed by atoms with Crippen molar-refractivity contribution in [1.29, 1.82) is 0 Å².